The van der Waals surface area contributed by atoms with Crippen molar-refractivity contribution in [3.8, 4) is 22.8 Å². The molecule has 0 amide bonds. The summed E-state index contributed by atoms with van der Waals surface area (Å²) in [6.07, 6.45) is 3.34. The molecule has 184 valence electrons. The molecule has 0 saturated carbocycles. The van der Waals surface area contributed by atoms with Crippen molar-refractivity contribution in [3.05, 3.63) is 52.6 Å². The average Bonchev–Trinajstić information content (AvgIpc) is 3.54. The SMILES string of the molecule is CC1(C(=N)Nc2cccc3c2OCO3)CCN(c2cnc3c(-c4cccc(Cl)c4Cl)n[nH]c3n2)CC1. The first-order valence-corrected chi connectivity index (χ1v) is 12.3. The molecule has 2 aromatic carbocycles. The topological polar surface area (TPSA) is 112 Å². The predicted octanol–water partition coefficient (Wildman–Crippen LogP) is 5.75. The molecule has 3 N–H and O–H groups in total. The lowest BCUT2D eigenvalue weighted by Gasteiger charge is -2.40. The molecule has 2 aliphatic heterocycles. The number of fused-ring (bicyclic) bond motifs is 2. The van der Waals surface area contributed by atoms with Crippen LogP contribution in [0.4, 0.5) is 11.5 Å². The zero-order chi connectivity index (χ0) is 24.9. The van der Waals surface area contributed by atoms with Crippen LogP contribution < -0.4 is 19.7 Å². The molecule has 0 spiro atoms. The van der Waals surface area contributed by atoms with Crippen molar-refractivity contribution in [1.29, 1.82) is 5.41 Å². The number of benzene rings is 2. The molecule has 2 aromatic heterocycles. The zero-order valence-electron chi connectivity index (χ0n) is 19.4. The standard InChI is InChI=1S/C25H23Cl2N7O2/c1-25(24(28)30-16-6-3-7-17-22(16)36-13-35-17)8-10-34(11-9-25)18-12-29-21-20(32-33-23(21)31-18)14-4-2-5-15(26)19(14)27/h2-7,12H,8-11,13H2,1H3,(H2,28,30)(H,31,32,33). The summed E-state index contributed by atoms with van der Waals surface area (Å²) in [5, 5.41) is 20.3. The van der Waals surface area contributed by atoms with Gasteiger partial charge < -0.3 is 19.7 Å². The number of hydrogen-bond donors (Lipinski definition) is 3. The third-order valence-electron chi connectivity index (χ3n) is 6.92. The molecular formula is C25H23Cl2N7O2. The van der Waals surface area contributed by atoms with Crippen molar-refractivity contribution in [2.75, 3.05) is 30.1 Å². The summed E-state index contributed by atoms with van der Waals surface area (Å²) in [5.74, 6) is 2.58. The Bertz CT molecular complexity index is 1480. The van der Waals surface area contributed by atoms with Crippen LogP contribution in [-0.2, 0) is 0 Å². The zero-order valence-corrected chi connectivity index (χ0v) is 21.0. The number of aromatic nitrogens is 4. The number of amidine groups is 1. The van der Waals surface area contributed by atoms with E-state index in [0.717, 1.165) is 37.4 Å². The molecule has 0 bridgehead atoms. The van der Waals surface area contributed by atoms with Crippen LogP contribution in [0.15, 0.2) is 42.6 Å². The van der Waals surface area contributed by atoms with Gasteiger partial charge in [-0.25, -0.2) is 9.97 Å². The van der Waals surface area contributed by atoms with Crippen LogP contribution in [0.2, 0.25) is 10.0 Å². The molecular weight excluding hydrogens is 501 g/mol. The van der Waals surface area contributed by atoms with E-state index >= 15 is 0 Å². The van der Waals surface area contributed by atoms with E-state index in [1.807, 2.05) is 30.3 Å². The van der Waals surface area contributed by atoms with E-state index in [1.165, 1.54) is 0 Å². The minimum atomic E-state index is -0.305. The van der Waals surface area contributed by atoms with Gasteiger partial charge in [0.2, 0.25) is 6.79 Å². The van der Waals surface area contributed by atoms with Gasteiger partial charge in [-0.2, -0.15) is 5.10 Å². The highest BCUT2D eigenvalue weighted by Crippen LogP contribution is 2.41. The molecule has 0 atom stereocenters. The second-order valence-electron chi connectivity index (χ2n) is 9.19. The number of H-pyrrole nitrogens is 1. The van der Waals surface area contributed by atoms with Gasteiger partial charge in [0, 0.05) is 24.1 Å². The summed E-state index contributed by atoms with van der Waals surface area (Å²) in [6, 6.07) is 11.1. The van der Waals surface area contributed by atoms with Gasteiger partial charge in [0.1, 0.15) is 22.9 Å². The second-order valence-corrected chi connectivity index (χ2v) is 9.97. The molecule has 6 rings (SSSR count). The molecule has 9 nitrogen and oxygen atoms in total. The van der Waals surface area contributed by atoms with Gasteiger partial charge in [0.25, 0.3) is 0 Å². The minimum absolute atomic E-state index is 0.197. The number of para-hydroxylation sites is 1. The van der Waals surface area contributed by atoms with E-state index in [4.69, 9.17) is 43.1 Å². The van der Waals surface area contributed by atoms with E-state index in [2.05, 4.69) is 32.3 Å². The summed E-state index contributed by atoms with van der Waals surface area (Å²) in [5.41, 5.74) is 2.99. The average molecular weight is 524 g/mol. The van der Waals surface area contributed by atoms with Crippen LogP contribution in [0.25, 0.3) is 22.4 Å². The predicted molar refractivity (Wildman–Crippen MR) is 141 cm³/mol. The lowest BCUT2D eigenvalue weighted by molar-refractivity contribution is 0.174. The van der Waals surface area contributed by atoms with Gasteiger partial charge in [0.15, 0.2) is 17.1 Å². The van der Waals surface area contributed by atoms with Crippen molar-refractivity contribution in [2.45, 2.75) is 19.8 Å². The van der Waals surface area contributed by atoms with E-state index in [1.54, 1.807) is 12.3 Å². The van der Waals surface area contributed by atoms with Gasteiger partial charge in [-0.15, -0.1) is 0 Å². The van der Waals surface area contributed by atoms with Crippen LogP contribution in [-0.4, -0.2) is 45.9 Å². The number of anilines is 2. The van der Waals surface area contributed by atoms with Gasteiger partial charge in [-0.1, -0.05) is 48.3 Å². The number of aromatic amines is 1. The highest BCUT2D eigenvalue weighted by molar-refractivity contribution is 6.43. The molecule has 2 aliphatic rings. The molecule has 1 fully saturated rings. The fourth-order valence-electron chi connectivity index (χ4n) is 4.61. The summed E-state index contributed by atoms with van der Waals surface area (Å²) in [4.78, 5) is 11.6. The Morgan fingerprint density at radius 2 is 1.94 bits per heavy atom. The summed E-state index contributed by atoms with van der Waals surface area (Å²) < 4.78 is 11.0. The Morgan fingerprint density at radius 3 is 2.78 bits per heavy atom. The maximum absolute atomic E-state index is 8.79. The molecule has 0 unspecified atom stereocenters. The third kappa shape index (κ3) is 3.88. The Kier molecular flexibility index (Phi) is 5.61. The van der Waals surface area contributed by atoms with Crippen LogP contribution in [0.1, 0.15) is 19.8 Å². The first-order chi connectivity index (χ1) is 17.4. The van der Waals surface area contributed by atoms with E-state index in [-0.39, 0.29) is 12.2 Å². The van der Waals surface area contributed by atoms with Crippen LogP contribution >= 0.6 is 23.2 Å². The lowest BCUT2D eigenvalue weighted by Crippen LogP contribution is -2.45. The largest absolute Gasteiger partial charge is 0.454 e. The first kappa shape index (κ1) is 22.9. The van der Waals surface area contributed by atoms with Gasteiger partial charge in [0.05, 0.1) is 21.9 Å². The number of nitrogens with one attached hydrogen (secondary N) is 3. The van der Waals surface area contributed by atoms with Crippen molar-refractivity contribution in [2.24, 2.45) is 5.41 Å². The highest BCUT2D eigenvalue weighted by Gasteiger charge is 2.35. The van der Waals surface area contributed by atoms with Crippen LogP contribution in [0.5, 0.6) is 11.5 Å². The number of hydrogen-bond acceptors (Lipinski definition) is 7. The highest BCUT2D eigenvalue weighted by atomic mass is 35.5. The molecule has 0 aliphatic carbocycles. The van der Waals surface area contributed by atoms with Crippen molar-refractivity contribution >= 4 is 51.7 Å². The lowest BCUT2D eigenvalue weighted by atomic mass is 9.79. The number of ether oxygens (including phenoxy) is 2. The van der Waals surface area contributed by atoms with E-state index in [0.29, 0.717) is 49.8 Å². The van der Waals surface area contributed by atoms with Gasteiger partial charge in [-0.05, 0) is 31.0 Å². The van der Waals surface area contributed by atoms with Gasteiger partial charge in [-0.3, -0.25) is 10.5 Å². The molecule has 1 saturated heterocycles. The van der Waals surface area contributed by atoms with Crippen LogP contribution in [0.3, 0.4) is 0 Å². The number of rotatable bonds is 4. The maximum Gasteiger partial charge on any atom is 0.231 e. The third-order valence-corrected chi connectivity index (χ3v) is 7.73. The number of nitrogens with zero attached hydrogens (tertiary/aromatic N) is 4. The van der Waals surface area contributed by atoms with E-state index < -0.39 is 0 Å². The Labute approximate surface area is 217 Å². The van der Waals surface area contributed by atoms with Crippen molar-refractivity contribution in [3.63, 3.8) is 0 Å². The summed E-state index contributed by atoms with van der Waals surface area (Å²) in [7, 11) is 0. The quantitative estimate of drug-likeness (QED) is 0.230. The smallest absolute Gasteiger partial charge is 0.231 e. The van der Waals surface area contributed by atoms with Crippen LogP contribution in [0, 0.1) is 10.8 Å². The molecule has 36 heavy (non-hydrogen) atoms. The summed E-state index contributed by atoms with van der Waals surface area (Å²) in [6.45, 7) is 3.80. The number of piperidine rings is 1. The Hall–Kier alpha value is -3.56. The van der Waals surface area contributed by atoms with Crippen molar-refractivity contribution in [1.82, 2.24) is 20.2 Å². The maximum atomic E-state index is 8.79. The monoisotopic (exact) mass is 523 g/mol. The second kappa shape index (κ2) is 8.83. The Morgan fingerprint density at radius 1 is 1.14 bits per heavy atom. The fraction of sp³-hybridized carbons (Fsp3) is 0.280. The molecule has 4 aromatic rings. The summed E-state index contributed by atoms with van der Waals surface area (Å²) >= 11 is 12.6. The number of halogens is 2. The fourth-order valence-corrected chi connectivity index (χ4v) is 5.00. The van der Waals surface area contributed by atoms with E-state index in [9.17, 15) is 0 Å². The normalized spacial score (nSPS) is 16.4. The molecule has 0 radical (unpaired) electrons. The molecule has 11 heteroatoms. The Balaban J connectivity index is 1.17. The first-order valence-electron chi connectivity index (χ1n) is 11.6. The molecule has 4 heterocycles. The van der Waals surface area contributed by atoms with Gasteiger partial charge >= 0.3 is 0 Å². The minimum Gasteiger partial charge on any atom is -0.454 e. The van der Waals surface area contributed by atoms with Crippen molar-refractivity contribution < 1.29 is 9.47 Å².